The second-order valence-electron chi connectivity index (χ2n) is 5.35. The maximum Gasteiger partial charge on any atom is 0.309 e. The molecule has 122 valence electrons. The Kier molecular flexibility index (Phi) is 5.73. The molecule has 2 N–H and O–H groups in total. The van der Waals surface area contributed by atoms with Crippen molar-refractivity contribution in [2.75, 3.05) is 20.8 Å². The molecule has 0 bridgehead atoms. The second-order valence-corrected chi connectivity index (χ2v) is 5.35. The maximum atomic E-state index is 13.9. The zero-order chi connectivity index (χ0) is 16.9. The van der Waals surface area contributed by atoms with E-state index < -0.39 is 23.1 Å². The molecular weight excluding hydrogens is 293 g/mol. The van der Waals surface area contributed by atoms with E-state index in [-0.39, 0.29) is 30.0 Å². The van der Waals surface area contributed by atoms with Crippen molar-refractivity contribution in [1.82, 2.24) is 5.32 Å². The van der Waals surface area contributed by atoms with Crippen molar-refractivity contribution in [3.05, 3.63) is 23.5 Å². The molecule has 0 heterocycles. The minimum atomic E-state index is -0.982. The number of carbonyl (C=O) groups excluding carboxylic acids is 1. The number of hydrogen-bond acceptors (Lipinski definition) is 4. The van der Waals surface area contributed by atoms with Gasteiger partial charge in [-0.25, -0.2) is 4.39 Å². The van der Waals surface area contributed by atoms with Gasteiger partial charge in [0.05, 0.1) is 19.6 Å². The molecule has 0 saturated heterocycles. The van der Waals surface area contributed by atoms with E-state index in [9.17, 15) is 14.0 Å². The molecule has 0 fully saturated rings. The van der Waals surface area contributed by atoms with Crippen LogP contribution in [0.25, 0.3) is 0 Å². The third-order valence-corrected chi connectivity index (χ3v) is 3.34. The van der Waals surface area contributed by atoms with Crippen molar-refractivity contribution in [2.24, 2.45) is 5.41 Å². The van der Waals surface area contributed by atoms with Gasteiger partial charge in [0.15, 0.2) is 11.5 Å². The molecule has 1 aromatic rings. The van der Waals surface area contributed by atoms with Crippen LogP contribution in [0.2, 0.25) is 0 Å². The van der Waals surface area contributed by atoms with E-state index in [1.165, 1.54) is 20.3 Å². The fraction of sp³-hybridized carbons (Fsp3) is 0.467. The van der Waals surface area contributed by atoms with Crippen LogP contribution in [0.1, 0.15) is 30.6 Å². The van der Waals surface area contributed by atoms with Gasteiger partial charge in [0.1, 0.15) is 11.4 Å². The topological polar surface area (TPSA) is 84.9 Å². The highest BCUT2D eigenvalue weighted by Gasteiger charge is 2.27. The second kappa shape index (κ2) is 7.11. The zero-order valence-corrected chi connectivity index (χ0v) is 13.0. The number of aliphatic carboxylic acids is 1. The molecule has 0 atom stereocenters. The van der Waals surface area contributed by atoms with Gasteiger partial charge >= 0.3 is 5.97 Å². The summed E-state index contributed by atoms with van der Waals surface area (Å²) >= 11 is 0. The first-order valence-corrected chi connectivity index (χ1v) is 6.66. The Morgan fingerprint density at radius 2 is 1.91 bits per heavy atom. The first-order chi connectivity index (χ1) is 10.2. The number of carbonyl (C=O) groups is 2. The quantitative estimate of drug-likeness (QED) is 0.805. The van der Waals surface area contributed by atoms with E-state index in [1.54, 1.807) is 13.8 Å². The van der Waals surface area contributed by atoms with Crippen molar-refractivity contribution in [2.45, 2.75) is 20.3 Å². The Bertz CT molecular complexity index is 571. The van der Waals surface area contributed by atoms with E-state index >= 15 is 0 Å². The number of ether oxygens (including phenoxy) is 2. The summed E-state index contributed by atoms with van der Waals surface area (Å²) in [6.45, 7) is 3.19. The average molecular weight is 313 g/mol. The van der Waals surface area contributed by atoms with Crippen molar-refractivity contribution >= 4 is 11.9 Å². The van der Waals surface area contributed by atoms with E-state index in [4.69, 9.17) is 14.6 Å². The standard InChI is InChI=1S/C15H20FNO5/c1-15(2,14(19)20)7-8-17-13(18)11-9(16)5-6-10(21-3)12(11)22-4/h5-6H,7-8H2,1-4H3,(H,17,18)(H,19,20). The van der Waals surface area contributed by atoms with Crippen LogP contribution in [0.4, 0.5) is 4.39 Å². The van der Waals surface area contributed by atoms with Gasteiger partial charge < -0.3 is 19.9 Å². The number of nitrogens with one attached hydrogen (secondary N) is 1. The minimum Gasteiger partial charge on any atom is -0.493 e. The summed E-state index contributed by atoms with van der Waals surface area (Å²) in [5.41, 5.74) is -1.25. The number of rotatable bonds is 7. The van der Waals surface area contributed by atoms with Crippen LogP contribution in [0.15, 0.2) is 12.1 Å². The summed E-state index contributed by atoms with van der Waals surface area (Å²) in [5.74, 6) is -2.16. The van der Waals surface area contributed by atoms with Gasteiger partial charge in [-0.05, 0) is 32.4 Å². The number of carboxylic acids is 1. The SMILES string of the molecule is COc1ccc(F)c(C(=O)NCCC(C)(C)C(=O)O)c1OC. The molecule has 1 aromatic carbocycles. The number of benzene rings is 1. The number of halogens is 1. The number of hydrogen-bond donors (Lipinski definition) is 2. The lowest BCUT2D eigenvalue weighted by atomic mass is 9.89. The highest BCUT2D eigenvalue weighted by Crippen LogP contribution is 2.32. The number of amides is 1. The summed E-state index contributed by atoms with van der Waals surface area (Å²) in [7, 11) is 2.69. The summed E-state index contributed by atoms with van der Waals surface area (Å²) in [6.07, 6.45) is 0.210. The van der Waals surface area contributed by atoms with Crippen molar-refractivity contribution < 1.29 is 28.6 Å². The lowest BCUT2D eigenvalue weighted by Gasteiger charge is -2.19. The lowest BCUT2D eigenvalue weighted by molar-refractivity contribution is -0.147. The monoisotopic (exact) mass is 313 g/mol. The molecule has 0 radical (unpaired) electrons. The lowest BCUT2D eigenvalue weighted by Crippen LogP contribution is -2.32. The summed E-state index contributed by atoms with van der Waals surface area (Å²) in [4.78, 5) is 23.1. The molecule has 6 nitrogen and oxygen atoms in total. The Morgan fingerprint density at radius 1 is 1.27 bits per heavy atom. The smallest absolute Gasteiger partial charge is 0.309 e. The number of carboxylic acid groups (broad SMARTS) is 1. The summed E-state index contributed by atoms with van der Waals surface area (Å²) in [5, 5.41) is 11.5. The molecule has 0 saturated carbocycles. The van der Waals surface area contributed by atoms with Gasteiger partial charge in [-0.2, -0.15) is 0 Å². The number of methoxy groups -OCH3 is 2. The van der Waals surface area contributed by atoms with Gasteiger partial charge in [0.25, 0.3) is 5.91 Å². The molecule has 0 aliphatic carbocycles. The zero-order valence-electron chi connectivity index (χ0n) is 13.0. The van der Waals surface area contributed by atoms with Crippen LogP contribution in [0.3, 0.4) is 0 Å². The van der Waals surface area contributed by atoms with Crippen LogP contribution >= 0.6 is 0 Å². The van der Waals surface area contributed by atoms with Gasteiger partial charge in [-0.1, -0.05) is 0 Å². The van der Waals surface area contributed by atoms with Crippen LogP contribution in [-0.4, -0.2) is 37.7 Å². The largest absolute Gasteiger partial charge is 0.493 e. The summed E-state index contributed by atoms with van der Waals surface area (Å²) in [6, 6.07) is 2.47. The molecule has 0 aliphatic rings. The van der Waals surface area contributed by atoms with E-state index in [0.717, 1.165) is 6.07 Å². The van der Waals surface area contributed by atoms with Crippen molar-refractivity contribution in [1.29, 1.82) is 0 Å². The van der Waals surface area contributed by atoms with Gasteiger partial charge in [-0.15, -0.1) is 0 Å². The first kappa shape index (κ1) is 17.7. The molecule has 0 aliphatic heterocycles. The highest BCUT2D eigenvalue weighted by molar-refractivity contribution is 5.98. The van der Waals surface area contributed by atoms with Crippen molar-refractivity contribution in [3.8, 4) is 11.5 Å². The van der Waals surface area contributed by atoms with Gasteiger partial charge in [0.2, 0.25) is 0 Å². The molecule has 0 unspecified atom stereocenters. The molecule has 1 amide bonds. The molecule has 1 rings (SSSR count). The van der Waals surface area contributed by atoms with E-state index in [1.807, 2.05) is 0 Å². The minimum absolute atomic E-state index is 0.00232. The Morgan fingerprint density at radius 3 is 2.41 bits per heavy atom. The van der Waals surface area contributed by atoms with Crippen molar-refractivity contribution in [3.63, 3.8) is 0 Å². The maximum absolute atomic E-state index is 13.9. The summed E-state index contributed by atoms with van der Waals surface area (Å²) < 4.78 is 24.0. The van der Waals surface area contributed by atoms with E-state index in [2.05, 4.69) is 5.32 Å². The third-order valence-electron chi connectivity index (χ3n) is 3.34. The average Bonchev–Trinajstić information content (AvgIpc) is 2.46. The molecule has 22 heavy (non-hydrogen) atoms. The van der Waals surface area contributed by atoms with Crippen LogP contribution < -0.4 is 14.8 Å². The van der Waals surface area contributed by atoms with Gasteiger partial charge in [-0.3, -0.25) is 9.59 Å². The van der Waals surface area contributed by atoms with Gasteiger partial charge in [0, 0.05) is 6.54 Å². The fourth-order valence-corrected chi connectivity index (χ4v) is 1.80. The Labute approximate surface area is 128 Å². The van der Waals surface area contributed by atoms with Crippen LogP contribution in [0.5, 0.6) is 11.5 Å². The Balaban J connectivity index is 2.88. The normalized spacial score (nSPS) is 11.0. The predicted molar refractivity (Wildman–Crippen MR) is 77.9 cm³/mol. The van der Waals surface area contributed by atoms with Crippen LogP contribution in [0, 0.1) is 11.2 Å². The Hall–Kier alpha value is -2.31. The fourth-order valence-electron chi connectivity index (χ4n) is 1.80. The first-order valence-electron chi connectivity index (χ1n) is 6.66. The molecule has 7 heteroatoms. The molecular formula is C15H20FNO5. The highest BCUT2D eigenvalue weighted by atomic mass is 19.1. The third kappa shape index (κ3) is 3.87. The van der Waals surface area contributed by atoms with Crippen LogP contribution in [-0.2, 0) is 4.79 Å². The molecule has 0 aromatic heterocycles. The molecule has 0 spiro atoms. The van der Waals surface area contributed by atoms with E-state index in [0.29, 0.717) is 0 Å². The predicted octanol–water partition coefficient (Wildman–Crippen LogP) is 2.07.